The second kappa shape index (κ2) is 8.83. The topological polar surface area (TPSA) is 68.5 Å². The second-order valence-electron chi connectivity index (χ2n) is 7.29. The van der Waals surface area contributed by atoms with Crippen LogP contribution in [0.3, 0.4) is 0 Å². The lowest BCUT2D eigenvalue weighted by molar-refractivity contribution is 0.0596. The molecule has 2 heterocycles. The zero-order chi connectivity index (χ0) is 21.1. The Balaban J connectivity index is 1.48. The van der Waals surface area contributed by atoms with Crippen molar-refractivity contribution in [3.63, 3.8) is 0 Å². The van der Waals surface area contributed by atoms with Gasteiger partial charge in [-0.3, -0.25) is 4.79 Å². The fraction of sp³-hybridized carbons (Fsp3) is 0.318. The van der Waals surface area contributed by atoms with Gasteiger partial charge in [-0.05, 0) is 56.5 Å². The van der Waals surface area contributed by atoms with Crippen molar-refractivity contribution >= 4 is 17.5 Å². The number of rotatable bonds is 5. The third kappa shape index (κ3) is 4.46. The molecule has 0 radical (unpaired) electrons. The van der Waals surface area contributed by atoms with Crippen molar-refractivity contribution in [3.8, 4) is 5.75 Å². The van der Waals surface area contributed by atoms with E-state index >= 15 is 0 Å². The Morgan fingerprint density at radius 3 is 2.83 bits per heavy atom. The first-order valence-corrected chi connectivity index (χ1v) is 10.2. The molecule has 1 atom stereocenters. The lowest BCUT2D eigenvalue weighted by Crippen LogP contribution is -2.39. The van der Waals surface area contributed by atoms with Crippen molar-refractivity contribution < 1.29 is 18.4 Å². The van der Waals surface area contributed by atoms with Gasteiger partial charge in [0, 0.05) is 12.1 Å². The number of hydrogen-bond donors (Lipinski definition) is 0. The highest BCUT2D eigenvalue weighted by Crippen LogP contribution is 2.31. The SMILES string of the molecule is Cc1ccc(OCc2nc(C3CCCCN3C(=O)c3ccc(F)c(Cl)c3)no2)cc1. The Morgan fingerprint density at radius 2 is 2.07 bits per heavy atom. The zero-order valence-electron chi connectivity index (χ0n) is 16.5. The number of aromatic nitrogens is 2. The van der Waals surface area contributed by atoms with Crippen molar-refractivity contribution in [1.82, 2.24) is 15.0 Å². The average Bonchev–Trinajstić information content (AvgIpc) is 3.24. The molecule has 1 amide bonds. The van der Waals surface area contributed by atoms with Gasteiger partial charge in [0.1, 0.15) is 11.6 Å². The molecular formula is C22H21ClFN3O3. The maximum Gasteiger partial charge on any atom is 0.264 e. The van der Waals surface area contributed by atoms with Crippen LogP contribution in [0, 0.1) is 12.7 Å². The number of piperidine rings is 1. The Kier molecular flexibility index (Phi) is 5.99. The molecule has 2 aromatic carbocycles. The first kappa shape index (κ1) is 20.3. The van der Waals surface area contributed by atoms with Gasteiger partial charge >= 0.3 is 0 Å². The van der Waals surface area contributed by atoms with Crippen LogP contribution < -0.4 is 4.74 Å². The molecule has 3 aromatic rings. The van der Waals surface area contributed by atoms with Crippen LogP contribution in [0.1, 0.15) is 52.9 Å². The number of halogens is 2. The Hall–Kier alpha value is -2.93. The molecule has 1 aromatic heterocycles. The molecule has 0 saturated carbocycles. The van der Waals surface area contributed by atoms with Crippen molar-refractivity contribution in [1.29, 1.82) is 0 Å². The van der Waals surface area contributed by atoms with Crippen LogP contribution >= 0.6 is 11.6 Å². The summed E-state index contributed by atoms with van der Waals surface area (Å²) in [4.78, 5) is 19.2. The van der Waals surface area contributed by atoms with E-state index in [0.717, 1.165) is 24.8 Å². The van der Waals surface area contributed by atoms with Crippen LogP contribution in [-0.4, -0.2) is 27.5 Å². The number of amides is 1. The van der Waals surface area contributed by atoms with Gasteiger partial charge in [0.05, 0.1) is 11.1 Å². The van der Waals surface area contributed by atoms with Crippen molar-refractivity contribution in [2.75, 3.05) is 6.54 Å². The minimum absolute atomic E-state index is 0.0792. The minimum Gasteiger partial charge on any atom is -0.484 e. The molecule has 1 aliphatic rings. The molecule has 0 spiro atoms. The van der Waals surface area contributed by atoms with E-state index in [2.05, 4.69) is 10.1 Å². The van der Waals surface area contributed by atoms with Gasteiger partial charge < -0.3 is 14.2 Å². The smallest absolute Gasteiger partial charge is 0.264 e. The van der Waals surface area contributed by atoms with Gasteiger partial charge in [0.25, 0.3) is 11.8 Å². The van der Waals surface area contributed by atoms with Crippen molar-refractivity contribution in [3.05, 3.63) is 76.1 Å². The molecule has 1 unspecified atom stereocenters. The van der Waals surface area contributed by atoms with Crippen LogP contribution in [0.15, 0.2) is 47.0 Å². The summed E-state index contributed by atoms with van der Waals surface area (Å²) in [5, 5.41) is 4.00. The van der Waals surface area contributed by atoms with Crippen LogP contribution in [0.2, 0.25) is 5.02 Å². The van der Waals surface area contributed by atoms with E-state index < -0.39 is 5.82 Å². The molecule has 30 heavy (non-hydrogen) atoms. The highest BCUT2D eigenvalue weighted by Gasteiger charge is 2.32. The van der Waals surface area contributed by atoms with Crippen LogP contribution in [-0.2, 0) is 6.61 Å². The quantitative estimate of drug-likeness (QED) is 0.563. The molecule has 1 aliphatic heterocycles. The molecular weight excluding hydrogens is 409 g/mol. The van der Waals surface area contributed by atoms with Gasteiger partial charge in [-0.1, -0.05) is 34.5 Å². The first-order valence-electron chi connectivity index (χ1n) is 9.79. The number of benzene rings is 2. The number of aryl methyl sites for hydroxylation is 1. The van der Waals surface area contributed by atoms with Crippen LogP contribution in [0.4, 0.5) is 4.39 Å². The van der Waals surface area contributed by atoms with E-state index in [4.69, 9.17) is 20.9 Å². The molecule has 1 fully saturated rings. The van der Waals surface area contributed by atoms with Crippen molar-refractivity contribution in [2.45, 2.75) is 38.8 Å². The van der Waals surface area contributed by atoms with Gasteiger partial charge in [-0.2, -0.15) is 4.98 Å². The number of nitrogens with zero attached hydrogens (tertiary/aromatic N) is 3. The minimum atomic E-state index is -0.556. The fourth-order valence-electron chi connectivity index (χ4n) is 3.48. The number of carbonyl (C=O) groups is 1. The van der Waals surface area contributed by atoms with E-state index in [9.17, 15) is 9.18 Å². The summed E-state index contributed by atoms with van der Waals surface area (Å²) >= 11 is 5.85. The predicted molar refractivity (Wildman–Crippen MR) is 109 cm³/mol. The third-order valence-corrected chi connectivity index (χ3v) is 5.38. The van der Waals surface area contributed by atoms with E-state index in [-0.39, 0.29) is 23.6 Å². The Morgan fingerprint density at radius 1 is 1.27 bits per heavy atom. The summed E-state index contributed by atoms with van der Waals surface area (Å²) in [7, 11) is 0. The summed E-state index contributed by atoms with van der Waals surface area (Å²) in [6.45, 7) is 2.71. The summed E-state index contributed by atoms with van der Waals surface area (Å²) in [6.07, 6.45) is 2.54. The van der Waals surface area contributed by atoms with E-state index in [0.29, 0.717) is 29.6 Å². The Labute approximate surface area is 178 Å². The predicted octanol–water partition coefficient (Wildman–Crippen LogP) is 5.12. The lowest BCUT2D eigenvalue weighted by atomic mass is 10.00. The Bertz CT molecular complexity index is 1040. The molecule has 0 N–H and O–H groups in total. The number of carbonyl (C=O) groups excluding carboxylic acids is 1. The summed E-state index contributed by atoms with van der Waals surface area (Å²) in [5.41, 5.74) is 1.48. The normalized spacial score (nSPS) is 16.5. The highest BCUT2D eigenvalue weighted by molar-refractivity contribution is 6.31. The van der Waals surface area contributed by atoms with Crippen LogP contribution in [0.5, 0.6) is 5.75 Å². The van der Waals surface area contributed by atoms with E-state index in [1.165, 1.54) is 18.2 Å². The van der Waals surface area contributed by atoms with E-state index in [1.807, 2.05) is 31.2 Å². The lowest BCUT2D eigenvalue weighted by Gasteiger charge is -2.33. The molecule has 8 heteroatoms. The maximum absolute atomic E-state index is 13.5. The molecule has 156 valence electrons. The van der Waals surface area contributed by atoms with Gasteiger partial charge in [-0.25, -0.2) is 4.39 Å². The zero-order valence-corrected chi connectivity index (χ0v) is 17.2. The van der Waals surface area contributed by atoms with Gasteiger partial charge in [0.15, 0.2) is 12.4 Å². The van der Waals surface area contributed by atoms with E-state index in [1.54, 1.807) is 4.90 Å². The fourth-order valence-corrected chi connectivity index (χ4v) is 3.66. The van der Waals surface area contributed by atoms with Gasteiger partial charge in [-0.15, -0.1) is 0 Å². The summed E-state index contributed by atoms with van der Waals surface area (Å²) in [5.74, 6) is 0.707. The standard InChI is InChI=1S/C22H21ClFN3O3/c1-14-5-8-16(9-6-14)29-13-20-25-21(26-30-20)19-4-2-3-11-27(19)22(28)15-7-10-18(24)17(23)12-15/h5-10,12,19H,2-4,11,13H2,1H3. The molecule has 4 rings (SSSR count). The average molecular weight is 430 g/mol. The highest BCUT2D eigenvalue weighted by atomic mass is 35.5. The molecule has 1 saturated heterocycles. The number of likely N-dealkylation sites (tertiary alicyclic amines) is 1. The maximum atomic E-state index is 13.5. The summed E-state index contributed by atoms with van der Waals surface area (Å²) in [6, 6.07) is 11.3. The third-order valence-electron chi connectivity index (χ3n) is 5.10. The molecule has 0 aliphatic carbocycles. The largest absolute Gasteiger partial charge is 0.484 e. The monoisotopic (exact) mass is 429 g/mol. The first-order chi connectivity index (χ1) is 14.5. The number of ether oxygens (including phenoxy) is 1. The van der Waals surface area contributed by atoms with Gasteiger partial charge in [0.2, 0.25) is 0 Å². The second-order valence-corrected chi connectivity index (χ2v) is 7.69. The number of hydrogen-bond acceptors (Lipinski definition) is 5. The van der Waals surface area contributed by atoms with Crippen LogP contribution in [0.25, 0.3) is 0 Å². The molecule has 0 bridgehead atoms. The van der Waals surface area contributed by atoms with Crippen molar-refractivity contribution in [2.24, 2.45) is 0 Å². The summed E-state index contributed by atoms with van der Waals surface area (Å²) < 4.78 is 24.5. The molecule has 6 nitrogen and oxygen atoms in total.